The number of fused-ring (bicyclic) bond motifs is 3. The van der Waals surface area contributed by atoms with Gasteiger partial charge in [-0.05, 0) is 5.56 Å². The summed E-state index contributed by atoms with van der Waals surface area (Å²) in [7, 11) is 0. The second-order valence-electron chi connectivity index (χ2n) is 6.50. The lowest BCUT2D eigenvalue weighted by Gasteiger charge is -2.57. The maximum atomic E-state index is 12.6. The van der Waals surface area contributed by atoms with Crippen molar-refractivity contribution in [3.63, 3.8) is 0 Å². The van der Waals surface area contributed by atoms with E-state index in [1.54, 1.807) is 0 Å². The molecule has 4 atom stereocenters. The van der Waals surface area contributed by atoms with Crippen molar-refractivity contribution in [2.75, 3.05) is 11.5 Å². The molecule has 1 aromatic rings. The predicted molar refractivity (Wildman–Crippen MR) is 90.0 cm³/mol. The number of carboxylic acid groups (broad SMARTS) is 1. The molecule has 3 aliphatic rings. The van der Waals surface area contributed by atoms with E-state index in [9.17, 15) is 24.3 Å². The van der Waals surface area contributed by atoms with Crippen molar-refractivity contribution in [3.8, 4) is 0 Å². The van der Waals surface area contributed by atoms with E-state index >= 15 is 0 Å². The van der Waals surface area contributed by atoms with Crippen molar-refractivity contribution in [1.82, 2.24) is 10.2 Å². The Labute approximate surface area is 152 Å². The highest BCUT2D eigenvalue weighted by Crippen LogP contribution is 2.48. The fourth-order valence-electron chi connectivity index (χ4n) is 3.69. The van der Waals surface area contributed by atoms with Gasteiger partial charge in [-0.25, -0.2) is 4.79 Å². The van der Waals surface area contributed by atoms with Crippen LogP contribution in [0.1, 0.15) is 5.56 Å². The topological polar surface area (TPSA) is 113 Å². The Morgan fingerprint density at radius 1 is 1.27 bits per heavy atom. The molecule has 9 heteroatoms. The van der Waals surface area contributed by atoms with Crippen molar-refractivity contribution in [3.05, 3.63) is 35.9 Å². The third-order valence-electron chi connectivity index (χ3n) is 4.99. The molecule has 8 nitrogen and oxygen atoms in total. The Hall–Kier alpha value is -2.55. The van der Waals surface area contributed by atoms with Crippen LogP contribution in [0.15, 0.2) is 30.3 Å². The summed E-state index contributed by atoms with van der Waals surface area (Å²) in [6, 6.07) is 7.81. The number of nitrogens with zero attached hydrogens (tertiary/aromatic N) is 1. The Morgan fingerprint density at radius 3 is 2.65 bits per heavy atom. The van der Waals surface area contributed by atoms with Gasteiger partial charge in [0, 0.05) is 11.5 Å². The van der Waals surface area contributed by atoms with Gasteiger partial charge in [0.25, 0.3) is 5.91 Å². The van der Waals surface area contributed by atoms with Crippen molar-refractivity contribution in [1.29, 1.82) is 0 Å². The van der Waals surface area contributed by atoms with E-state index in [0.29, 0.717) is 5.75 Å². The highest BCUT2D eigenvalue weighted by molar-refractivity contribution is 7.99. The standard InChI is InChI=1S/C17H16N2O6S/c20-12(6-9-4-2-1-3-5-9)18-13-11-8-26-7-10-15(22)25-17(10,16(23)24)19(11)14(13)21/h1-5,10-11,13H,6-8H2,(H,18,20)(H,23,24)/t10?,11-,13+,17-/m1/s1. The zero-order valence-electron chi connectivity index (χ0n) is 13.6. The Morgan fingerprint density at radius 2 is 2.00 bits per heavy atom. The first-order chi connectivity index (χ1) is 12.4. The molecule has 0 aromatic heterocycles. The summed E-state index contributed by atoms with van der Waals surface area (Å²) in [6.07, 6.45) is 0.131. The number of aliphatic carboxylic acids is 1. The predicted octanol–water partition coefficient (Wildman–Crippen LogP) is -0.375. The number of amides is 2. The normalized spacial score (nSPS) is 32.2. The highest BCUT2D eigenvalue weighted by Gasteiger charge is 2.74. The molecule has 3 fully saturated rings. The molecule has 1 unspecified atom stereocenters. The van der Waals surface area contributed by atoms with Gasteiger partial charge in [-0.1, -0.05) is 30.3 Å². The van der Waals surface area contributed by atoms with Crippen LogP contribution in [-0.2, 0) is 30.3 Å². The van der Waals surface area contributed by atoms with Crippen LogP contribution in [0.4, 0.5) is 0 Å². The number of nitrogens with one attached hydrogen (secondary N) is 1. The largest absolute Gasteiger partial charge is 0.477 e. The number of carbonyl (C=O) groups excluding carboxylic acids is 3. The second kappa shape index (κ2) is 6.01. The van der Waals surface area contributed by atoms with Gasteiger partial charge in [-0.15, -0.1) is 0 Å². The lowest BCUT2D eigenvalue weighted by molar-refractivity contribution is -0.267. The number of esters is 1. The molecule has 136 valence electrons. The summed E-state index contributed by atoms with van der Waals surface area (Å²) in [5, 5.41) is 12.3. The Balaban J connectivity index is 1.50. The summed E-state index contributed by atoms with van der Waals surface area (Å²) in [4.78, 5) is 49.4. The molecule has 2 amide bonds. The monoisotopic (exact) mass is 376 g/mol. The average molecular weight is 376 g/mol. The van der Waals surface area contributed by atoms with E-state index in [1.807, 2.05) is 30.3 Å². The van der Waals surface area contributed by atoms with Crippen molar-refractivity contribution >= 4 is 35.5 Å². The van der Waals surface area contributed by atoms with Crippen LogP contribution in [-0.4, -0.2) is 63.1 Å². The van der Waals surface area contributed by atoms with Gasteiger partial charge in [-0.3, -0.25) is 19.3 Å². The molecule has 26 heavy (non-hydrogen) atoms. The van der Waals surface area contributed by atoms with Gasteiger partial charge in [-0.2, -0.15) is 11.8 Å². The number of thioether (sulfide) groups is 1. The molecule has 3 heterocycles. The smallest absolute Gasteiger partial charge is 0.371 e. The number of carboxylic acids is 1. The third-order valence-corrected chi connectivity index (χ3v) is 6.14. The van der Waals surface area contributed by atoms with Crippen LogP contribution in [0.2, 0.25) is 0 Å². The number of hydrogen-bond donors (Lipinski definition) is 2. The molecule has 0 saturated carbocycles. The number of ether oxygens (including phenoxy) is 1. The van der Waals surface area contributed by atoms with Gasteiger partial charge < -0.3 is 15.2 Å². The number of benzene rings is 1. The summed E-state index contributed by atoms with van der Waals surface area (Å²) < 4.78 is 4.97. The zero-order chi connectivity index (χ0) is 18.5. The summed E-state index contributed by atoms with van der Waals surface area (Å²) in [5.74, 6) is -2.96. The molecule has 0 bridgehead atoms. The number of hydrogen-bond acceptors (Lipinski definition) is 6. The Bertz CT molecular complexity index is 800. The zero-order valence-corrected chi connectivity index (χ0v) is 14.4. The van der Waals surface area contributed by atoms with Crippen LogP contribution < -0.4 is 5.32 Å². The number of β-lactam (4-membered cyclic amide) rings is 1. The van der Waals surface area contributed by atoms with Crippen LogP contribution in [0.25, 0.3) is 0 Å². The summed E-state index contributed by atoms with van der Waals surface area (Å²) in [5.41, 5.74) is -1.11. The highest BCUT2D eigenvalue weighted by atomic mass is 32.2. The molecular formula is C17H16N2O6S. The van der Waals surface area contributed by atoms with Crippen molar-refractivity contribution in [2.45, 2.75) is 24.2 Å². The first-order valence-electron chi connectivity index (χ1n) is 8.15. The number of carbonyl (C=O) groups is 4. The fraction of sp³-hybridized carbons (Fsp3) is 0.412. The van der Waals surface area contributed by atoms with Crippen LogP contribution >= 0.6 is 11.8 Å². The fourth-order valence-corrected chi connectivity index (χ4v) is 5.00. The van der Waals surface area contributed by atoms with E-state index in [2.05, 4.69) is 5.32 Å². The average Bonchev–Trinajstić information content (AvgIpc) is 2.73. The van der Waals surface area contributed by atoms with E-state index in [4.69, 9.17) is 4.74 Å². The Kier molecular flexibility index (Phi) is 3.91. The minimum atomic E-state index is -1.93. The summed E-state index contributed by atoms with van der Waals surface area (Å²) in [6.45, 7) is 0. The second-order valence-corrected chi connectivity index (χ2v) is 7.57. The van der Waals surface area contributed by atoms with Gasteiger partial charge >= 0.3 is 17.7 Å². The van der Waals surface area contributed by atoms with Crippen LogP contribution in [0.5, 0.6) is 0 Å². The van der Waals surface area contributed by atoms with Gasteiger partial charge in [0.05, 0.1) is 12.5 Å². The maximum Gasteiger partial charge on any atom is 0.371 e. The van der Waals surface area contributed by atoms with Crippen LogP contribution in [0.3, 0.4) is 0 Å². The molecular weight excluding hydrogens is 360 g/mol. The molecule has 0 spiro atoms. The molecule has 3 aliphatic heterocycles. The SMILES string of the molecule is O=C(Cc1ccccc1)N[C@@H]1C(=O)N2[C@@H]1CSCC1C(=O)O[C@@]12C(=O)O. The quantitative estimate of drug-likeness (QED) is 0.544. The van der Waals surface area contributed by atoms with Gasteiger partial charge in [0.15, 0.2) is 0 Å². The molecule has 3 saturated heterocycles. The minimum Gasteiger partial charge on any atom is -0.477 e. The molecule has 0 aliphatic carbocycles. The number of rotatable bonds is 4. The van der Waals surface area contributed by atoms with Gasteiger partial charge in [0.1, 0.15) is 12.0 Å². The molecule has 0 radical (unpaired) electrons. The van der Waals surface area contributed by atoms with E-state index < -0.39 is 41.6 Å². The van der Waals surface area contributed by atoms with E-state index in [-0.39, 0.29) is 18.1 Å². The lowest BCUT2D eigenvalue weighted by Crippen LogP contribution is -2.84. The molecule has 2 N–H and O–H groups in total. The van der Waals surface area contributed by atoms with Crippen LogP contribution in [0, 0.1) is 5.92 Å². The first kappa shape index (κ1) is 16.9. The maximum absolute atomic E-state index is 12.6. The third kappa shape index (κ3) is 2.30. The minimum absolute atomic E-state index is 0.131. The first-order valence-corrected chi connectivity index (χ1v) is 9.31. The lowest BCUT2D eigenvalue weighted by atomic mass is 9.82. The van der Waals surface area contributed by atoms with E-state index in [0.717, 1.165) is 10.5 Å². The van der Waals surface area contributed by atoms with Crippen molar-refractivity contribution < 1.29 is 29.0 Å². The van der Waals surface area contributed by atoms with Crippen molar-refractivity contribution in [2.24, 2.45) is 5.92 Å². The summed E-state index contributed by atoms with van der Waals surface area (Å²) >= 11 is 1.39. The van der Waals surface area contributed by atoms with Gasteiger partial charge in [0.2, 0.25) is 5.91 Å². The molecule has 4 rings (SSSR count). The molecule has 1 aromatic carbocycles. The van der Waals surface area contributed by atoms with E-state index in [1.165, 1.54) is 11.8 Å².